The van der Waals surface area contributed by atoms with E-state index in [9.17, 15) is 0 Å². The molecule has 1 heterocycles. The Balaban J connectivity index is 2.57. The van der Waals surface area contributed by atoms with E-state index in [0.717, 1.165) is 16.9 Å². The molecular weight excluding hydrogens is 282 g/mol. The number of methoxy groups -OCH3 is 1. The molecule has 0 fully saturated rings. The molecule has 0 aliphatic heterocycles. The quantitative estimate of drug-likeness (QED) is 0.803. The predicted molar refractivity (Wildman–Crippen MR) is 71.2 cm³/mol. The monoisotopic (exact) mass is 292 g/mol. The lowest BCUT2D eigenvalue weighted by molar-refractivity contribution is 0.187. The third-order valence-corrected chi connectivity index (χ3v) is 3.47. The number of rotatable bonds is 4. The van der Waals surface area contributed by atoms with Crippen LogP contribution in [0.25, 0.3) is 11.0 Å². The molecule has 0 N–H and O–H groups in total. The highest BCUT2D eigenvalue weighted by atomic mass is 35.5. The van der Waals surface area contributed by atoms with E-state index in [4.69, 9.17) is 39.5 Å². The Morgan fingerprint density at radius 3 is 2.65 bits per heavy atom. The highest BCUT2D eigenvalue weighted by Crippen LogP contribution is 2.28. The average Bonchev–Trinajstić information content (AvgIpc) is 2.64. The Labute approximate surface area is 114 Å². The summed E-state index contributed by atoms with van der Waals surface area (Å²) in [5.41, 5.74) is 1.72. The topological polar surface area (TPSA) is 27.1 Å². The molecule has 0 bridgehead atoms. The lowest BCUT2D eigenvalue weighted by atomic mass is 10.3. The van der Waals surface area contributed by atoms with Gasteiger partial charge in [0, 0.05) is 13.7 Å². The molecule has 0 spiro atoms. The van der Waals surface area contributed by atoms with Crippen molar-refractivity contribution in [3.8, 4) is 0 Å². The molecule has 6 heteroatoms. The first-order valence-corrected chi connectivity index (χ1v) is 6.35. The zero-order chi connectivity index (χ0) is 12.4. The Kier molecular flexibility index (Phi) is 4.15. The molecule has 0 aliphatic rings. The maximum Gasteiger partial charge on any atom is 0.124 e. The minimum atomic E-state index is 0.341. The highest BCUT2D eigenvalue weighted by Gasteiger charge is 2.12. The van der Waals surface area contributed by atoms with E-state index in [0.29, 0.717) is 29.1 Å². The van der Waals surface area contributed by atoms with Gasteiger partial charge >= 0.3 is 0 Å². The van der Waals surface area contributed by atoms with Crippen LogP contribution in [0.3, 0.4) is 0 Å². The van der Waals surface area contributed by atoms with Crippen LogP contribution in [-0.2, 0) is 17.2 Å². The van der Waals surface area contributed by atoms with Crippen molar-refractivity contribution in [2.75, 3.05) is 13.7 Å². The van der Waals surface area contributed by atoms with Crippen LogP contribution in [-0.4, -0.2) is 23.3 Å². The van der Waals surface area contributed by atoms with Gasteiger partial charge in [0.15, 0.2) is 0 Å². The summed E-state index contributed by atoms with van der Waals surface area (Å²) < 4.78 is 7.06. The van der Waals surface area contributed by atoms with Crippen LogP contribution in [0.15, 0.2) is 12.1 Å². The summed E-state index contributed by atoms with van der Waals surface area (Å²) in [6.07, 6.45) is 0. The SMILES string of the molecule is COCCn1c(CCl)nc2cc(Cl)c(Cl)cc21. The van der Waals surface area contributed by atoms with E-state index in [1.807, 2.05) is 4.57 Å². The second-order valence-corrected chi connectivity index (χ2v) is 4.64. The smallest absolute Gasteiger partial charge is 0.124 e. The number of imidazole rings is 1. The molecule has 0 aliphatic carbocycles. The number of hydrogen-bond donors (Lipinski definition) is 0. The highest BCUT2D eigenvalue weighted by molar-refractivity contribution is 6.42. The first-order chi connectivity index (χ1) is 8.17. The Bertz CT molecular complexity index is 539. The van der Waals surface area contributed by atoms with Gasteiger partial charge in [0.05, 0.1) is 33.6 Å². The number of benzene rings is 1. The second-order valence-electron chi connectivity index (χ2n) is 3.56. The minimum absolute atomic E-state index is 0.341. The fourth-order valence-corrected chi connectivity index (χ4v) is 2.22. The third kappa shape index (κ3) is 2.52. The molecule has 1 aromatic heterocycles. The van der Waals surface area contributed by atoms with E-state index < -0.39 is 0 Å². The zero-order valence-electron chi connectivity index (χ0n) is 9.21. The summed E-state index contributed by atoms with van der Waals surface area (Å²) in [5, 5.41) is 1.01. The van der Waals surface area contributed by atoms with Gasteiger partial charge in [-0.2, -0.15) is 0 Å². The van der Waals surface area contributed by atoms with Crippen LogP contribution < -0.4 is 0 Å². The van der Waals surface area contributed by atoms with Crippen molar-refractivity contribution >= 4 is 45.8 Å². The normalized spacial score (nSPS) is 11.3. The van der Waals surface area contributed by atoms with Crippen molar-refractivity contribution in [2.45, 2.75) is 12.4 Å². The summed E-state index contributed by atoms with van der Waals surface area (Å²) in [7, 11) is 1.66. The van der Waals surface area contributed by atoms with Gasteiger partial charge in [-0.25, -0.2) is 4.98 Å². The number of ether oxygens (including phenoxy) is 1. The molecule has 0 unspecified atom stereocenters. The van der Waals surface area contributed by atoms with Gasteiger partial charge in [-0.1, -0.05) is 23.2 Å². The van der Waals surface area contributed by atoms with Crippen LogP contribution >= 0.6 is 34.8 Å². The van der Waals surface area contributed by atoms with Gasteiger partial charge in [-0.15, -0.1) is 11.6 Å². The van der Waals surface area contributed by atoms with Crippen LogP contribution in [0.4, 0.5) is 0 Å². The Morgan fingerprint density at radius 2 is 2.00 bits per heavy atom. The third-order valence-electron chi connectivity index (χ3n) is 2.51. The van der Waals surface area contributed by atoms with E-state index in [1.54, 1.807) is 19.2 Å². The molecule has 3 nitrogen and oxygen atoms in total. The number of alkyl halides is 1. The fourth-order valence-electron chi connectivity index (χ4n) is 1.70. The molecule has 0 amide bonds. The summed E-state index contributed by atoms with van der Waals surface area (Å²) >= 11 is 17.8. The molecule has 0 atom stereocenters. The standard InChI is InChI=1S/C11H11Cl3N2O/c1-17-3-2-16-10-5-8(14)7(13)4-9(10)15-11(16)6-12/h4-5H,2-3,6H2,1H3. The Hall–Kier alpha value is -0.480. The second kappa shape index (κ2) is 5.44. The lowest BCUT2D eigenvalue weighted by Crippen LogP contribution is -2.07. The van der Waals surface area contributed by atoms with Crippen molar-refractivity contribution in [1.82, 2.24) is 9.55 Å². The number of nitrogens with zero attached hydrogens (tertiary/aromatic N) is 2. The van der Waals surface area contributed by atoms with Crippen molar-refractivity contribution in [3.63, 3.8) is 0 Å². The largest absolute Gasteiger partial charge is 0.383 e. The molecular formula is C11H11Cl3N2O. The number of fused-ring (bicyclic) bond motifs is 1. The van der Waals surface area contributed by atoms with Crippen molar-refractivity contribution in [2.24, 2.45) is 0 Å². The molecule has 0 saturated heterocycles. The van der Waals surface area contributed by atoms with E-state index in [2.05, 4.69) is 4.98 Å². The van der Waals surface area contributed by atoms with Crippen LogP contribution in [0.2, 0.25) is 10.0 Å². The zero-order valence-corrected chi connectivity index (χ0v) is 11.5. The van der Waals surface area contributed by atoms with Gasteiger partial charge in [0.2, 0.25) is 0 Å². The molecule has 0 radical (unpaired) electrons. The van der Waals surface area contributed by atoms with Gasteiger partial charge in [-0.05, 0) is 12.1 Å². The minimum Gasteiger partial charge on any atom is -0.383 e. The van der Waals surface area contributed by atoms with E-state index in [1.165, 1.54) is 0 Å². The molecule has 0 saturated carbocycles. The van der Waals surface area contributed by atoms with Crippen LogP contribution in [0.5, 0.6) is 0 Å². The van der Waals surface area contributed by atoms with E-state index >= 15 is 0 Å². The van der Waals surface area contributed by atoms with Crippen LogP contribution in [0.1, 0.15) is 5.82 Å². The summed E-state index contributed by atoms with van der Waals surface area (Å²) in [6.45, 7) is 1.28. The summed E-state index contributed by atoms with van der Waals surface area (Å²) in [6, 6.07) is 3.55. The first-order valence-electron chi connectivity index (χ1n) is 5.06. The molecule has 92 valence electrons. The number of halogens is 3. The van der Waals surface area contributed by atoms with Crippen molar-refractivity contribution < 1.29 is 4.74 Å². The van der Waals surface area contributed by atoms with Gasteiger partial charge in [-0.3, -0.25) is 0 Å². The summed E-state index contributed by atoms with van der Waals surface area (Å²) in [4.78, 5) is 4.42. The summed E-state index contributed by atoms with van der Waals surface area (Å²) in [5.74, 6) is 1.13. The van der Waals surface area contributed by atoms with Gasteiger partial charge < -0.3 is 9.30 Å². The molecule has 1 aromatic carbocycles. The van der Waals surface area contributed by atoms with Crippen LogP contribution in [0, 0.1) is 0 Å². The fraction of sp³-hybridized carbons (Fsp3) is 0.364. The maximum absolute atomic E-state index is 6.01. The molecule has 2 aromatic rings. The van der Waals surface area contributed by atoms with E-state index in [-0.39, 0.29) is 0 Å². The predicted octanol–water partition coefficient (Wildman–Crippen LogP) is 3.73. The molecule has 17 heavy (non-hydrogen) atoms. The number of aromatic nitrogens is 2. The first kappa shape index (κ1) is 13.0. The Morgan fingerprint density at radius 1 is 1.29 bits per heavy atom. The van der Waals surface area contributed by atoms with Gasteiger partial charge in [0.1, 0.15) is 5.82 Å². The van der Waals surface area contributed by atoms with Gasteiger partial charge in [0.25, 0.3) is 0 Å². The van der Waals surface area contributed by atoms with Crippen molar-refractivity contribution in [1.29, 1.82) is 0 Å². The number of hydrogen-bond acceptors (Lipinski definition) is 2. The lowest BCUT2D eigenvalue weighted by Gasteiger charge is -2.06. The molecule has 2 rings (SSSR count). The van der Waals surface area contributed by atoms with Crippen molar-refractivity contribution in [3.05, 3.63) is 28.0 Å². The average molecular weight is 294 g/mol. The maximum atomic E-state index is 6.01.